The van der Waals surface area contributed by atoms with Gasteiger partial charge in [0, 0.05) is 17.6 Å². The lowest BCUT2D eigenvalue weighted by atomic mass is 10.2. The van der Waals surface area contributed by atoms with Gasteiger partial charge in [0.05, 0.1) is 29.9 Å². The van der Waals surface area contributed by atoms with Crippen molar-refractivity contribution in [2.45, 2.75) is 17.9 Å². The molecule has 19 heavy (non-hydrogen) atoms. The Bertz CT molecular complexity index is 515. The van der Waals surface area contributed by atoms with Gasteiger partial charge in [-0.1, -0.05) is 22.9 Å². The second-order valence-electron chi connectivity index (χ2n) is 4.47. The molecule has 0 aromatic heterocycles. The Morgan fingerprint density at radius 3 is 2.63 bits per heavy atom. The molecule has 6 heteroatoms. The van der Waals surface area contributed by atoms with Crippen molar-refractivity contribution in [1.82, 2.24) is 0 Å². The fraction of sp³-hybridized carbons (Fsp3) is 0.538. The van der Waals surface area contributed by atoms with Gasteiger partial charge in [0.1, 0.15) is 0 Å². The van der Waals surface area contributed by atoms with Crippen LogP contribution < -0.4 is 4.90 Å². The van der Waals surface area contributed by atoms with Crippen molar-refractivity contribution in [1.29, 1.82) is 0 Å². The van der Waals surface area contributed by atoms with Gasteiger partial charge in [0.15, 0.2) is 9.84 Å². The summed E-state index contributed by atoms with van der Waals surface area (Å²) in [7, 11) is -3.12. The molecule has 1 aliphatic rings. The van der Waals surface area contributed by atoms with Crippen molar-refractivity contribution in [3.63, 3.8) is 0 Å². The lowest BCUT2D eigenvalue weighted by Crippen LogP contribution is -2.46. The Morgan fingerprint density at radius 2 is 2.05 bits per heavy atom. The van der Waals surface area contributed by atoms with Gasteiger partial charge in [-0.05, 0) is 24.3 Å². The molecule has 1 saturated heterocycles. The highest BCUT2D eigenvalue weighted by atomic mass is 79.9. The number of anilines is 1. The number of rotatable bonds is 4. The highest BCUT2D eigenvalue weighted by Crippen LogP contribution is 2.23. The number of morpholine rings is 1. The summed E-state index contributed by atoms with van der Waals surface area (Å²) in [6.45, 7) is 3.89. The van der Waals surface area contributed by atoms with Crippen LogP contribution in [0.3, 0.4) is 0 Å². The zero-order valence-corrected chi connectivity index (χ0v) is 13.3. The van der Waals surface area contributed by atoms with E-state index in [1.165, 1.54) is 0 Å². The normalized spacial score (nSPS) is 20.5. The van der Waals surface area contributed by atoms with Gasteiger partial charge in [0.25, 0.3) is 0 Å². The second kappa shape index (κ2) is 6.24. The van der Waals surface area contributed by atoms with Crippen LogP contribution in [0.15, 0.2) is 29.2 Å². The summed E-state index contributed by atoms with van der Waals surface area (Å²) in [5.74, 6) is 0.133. The van der Waals surface area contributed by atoms with Gasteiger partial charge >= 0.3 is 0 Å². The number of ether oxygens (including phenoxy) is 1. The largest absolute Gasteiger partial charge is 0.377 e. The number of benzene rings is 1. The Labute approximate surface area is 122 Å². The fourth-order valence-corrected chi connectivity index (χ4v) is 3.55. The zero-order chi connectivity index (χ0) is 13.9. The van der Waals surface area contributed by atoms with E-state index in [4.69, 9.17) is 4.74 Å². The van der Waals surface area contributed by atoms with E-state index < -0.39 is 9.84 Å². The minimum absolute atomic E-state index is 0.133. The summed E-state index contributed by atoms with van der Waals surface area (Å²) in [6, 6.07) is 7.43. The SMILES string of the molecule is CCS(=O)(=O)c1ccc(N2CCOCC2CBr)cc1. The first kappa shape index (κ1) is 14.8. The van der Waals surface area contributed by atoms with Crippen molar-refractivity contribution >= 4 is 31.5 Å². The van der Waals surface area contributed by atoms with Crippen LogP contribution in [0.4, 0.5) is 5.69 Å². The Hall–Kier alpha value is -0.590. The first-order valence-corrected chi connectivity index (χ1v) is 9.09. The Morgan fingerprint density at radius 1 is 1.37 bits per heavy atom. The monoisotopic (exact) mass is 347 g/mol. The predicted octanol–water partition coefficient (Wildman–Crippen LogP) is 2.08. The number of hydrogen-bond acceptors (Lipinski definition) is 4. The van der Waals surface area contributed by atoms with Crippen LogP contribution >= 0.6 is 15.9 Å². The molecule has 0 amide bonds. The third-order valence-electron chi connectivity index (χ3n) is 3.31. The fourth-order valence-electron chi connectivity index (χ4n) is 2.13. The molecule has 0 bridgehead atoms. The summed E-state index contributed by atoms with van der Waals surface area (Å²) < 4.78 is 29.0. The van der Waals surface area contributed by atoms with E-state index in [2.05, 4.69) is 20.8 Å². The second-order valence-corrected chi connectivity index (χ2v) is 7.40. The molecule has 1 atom stereocenters. The molecule has 1 aliphatic heterocycles. The number of hydrogen-bond donors (Lipinski definition) is 0. The Kier molecular flexibility index (Phi) is 4.86. The first-order valence-electron chi connectivity index (χ1n) is 6.31. The smallest absolute Gasteiger partial charge is 0.178 e. The molecule has 1 aromatic rings. The quantitative estimate of drug-likeness (QED) is 0.782. The first-order chi connectivity index (χ1) is 9.08. The third kappa shape index (κ3) is 3.30. The van der Waals surface area contributed by atoms with Crippen LogP contribution in [-0.4, -0.2) is 45.3 Å². The Balaban J connectivity index is 2.22. The van der Waals surface area contributed by atoms with E-state index in [-0.39, 0.29) is 5.75 Å². The standard InChI is InChI=1S/C13H18BrNO3S/c1-2-19(16,17)13-5-3-11(4-6-13)15-7-8-18-10-12(15)9-14/h3-6,12H,2,7-10H2,1H3. The molecule has 2 rings (SSSR count). The van der Waals surface area contributed by atoms with Crippen LogP contribution in [-0.2, 0) is 14.6 Å². The van der Waals surface area contributed by atoms with E-state index in [1.807, 2.05) is 12.1 Å². The highest BCUT2D eigenvalue weighted by Gasteiger charge is 2.22. The molecule has 1 fully saturated rings. The minimum Gasteiger partial charge on any atom is -0.377 e. The average molecular weight is 348 g/mol. The number of halogens is 1. The average Bonchev–Trinajstić information content (AvgIpc) is 2.47. The molecule has 0 spiro atoms. The van der Waals surface area contributed by atoms with E-state index in [1.54, 1.807) is 19.1 Å². The number of nitrogens with zero attached hydrogens (tertiary/aromatic N) is 1. The van der Waals surface area contributed by atoms with E-state index in [0.29, 0.717) is 24.2 Å². The van der Waals surface area contributed by atoms with Crippen LogP contribution in [0.2, 0.25) is 0 Å². The summed E-state index contributed by atoms with van der Waals surface area (Å²) in [5.41, 5.74) is 1.04. The van der Waals surface area contributed by atoms with Gasteiger partial charge in [0.2, 0.25) is 0 Å². The van der Waals surface area contributed by atoms with Crippen molar-refractivity contribution in [3.05, 3.63) is 24.3 Å². The molecular weight excluding hydrogens is 330 g/mol. The topological polar surface area (TPSA) is 46.6 Å². The summed E-state index contributed by atoms with van der Waals surface area (Å²) >= 11 is 3.49. The number of alkyl halides is 1. The van der Waals surface area contributed by atoms with E-state index >= 15 is 0 Å². The molecule has 0 N–H and O–H groups in total. The van der Waals surface area contributed by atoms with Crippen molar-refractivity contribution in [2.24, 2.45) is 0 Å². The lowest BCUT2D eigenvalue weighted by Gasteiger charge is -2.36. The molecule has 1 aromatic carbocycles. The summed E-state index contributed by atoms with van der Waals surface area (Å²) in [6.07, 6.45) is 0. The lowest BCUT2D eigenvalue weighted by molar-refractivity contribution is 0.100. The van der Waals surface area contributed by atoms with E-state index in [0.717, 1.165) is 17.6 Å². The van der Waals surface area contributed by atoms with Crippen molar-refractivity contribution in [2.75, 3.05) is 35.7 Å². The maximum Gasteiger partial charge on any atom is 0.178 e. The van der Waals surface area contributed by atoms with Gasteiger partial charge in [-0.2, -0.15) is 0 Å². The van der Waals surface area contributed by atoms with Crippen LogP contribution in [0, 0.1) is 0 Å². The maximum absolute atomic E-state index is 11.8. The number of sulfone groups is 1. The van der Waals surface area contributed by atoms with Crippen molar-refractivity contribution < 1.29 is 13.2 Å². The predicted molar refractivity (Wildman–Crippen MR) is 79.9 cm³/mol. The zero-order valence-electron chi connectivity index (χ0n) is 10.9. The third-order valence-corrected chi connectivity index (χ3v) is 5.81. The molecule has 1 heterocycles. The van der Waals surface area contributed by atoms with Crippen molar-refractivity contribution in [3.8, 4) is 0 Å². The molecule has 106 valence electrons. The van der Waals surface area contributed by atoms with Crippen LogP contribution in [0.5, 0.6) is 0 Å². The van der Waals surface area contributed by atoms with Gasteiger partial charge < -0.3 is 9.64 Å². The maximum atomic E-state index is 11.8. The van der Waals surface area contributed by atoms with Crippen LogP contribution in [0.25, 0.3) is 0 Å². The molecule has 0 radical (unpaired) electrons. The van der Waals surface area contributed by atoms with E-state index in [9.17, 15) is 8.42 Å². The molecule has 0 aliphatic carbocycles. The molecule has 1 unspecified atom stereocenters. The van der Waals surface area contributed by atoms with Gasteiger partial charge in [-0.3, -0.25) is 0 Å². The van der Waals surface area contributed by atoms with Crippen LogP contribution in [0.1, 0.15) is 6.92 Å². The summed E-state index contributed by atoms with van der Waals surface area (Å²) in [5, 5.41) is 0.835. The molecule has 0 saturated carbocycles. The minimum atomic E-state index is -3.12. The molecular formula is C13H18BrNO3S. The molecule has 4 nitrogen and oxygen atoms in total. The highest BCUT2D eigenvalue weighted by molar-refractivity contribution is 9.09. The van der Waals surface area contributed by atoms with Gasteiger partial charge in [-0.15, -0.1) is 0 Å². The van der Waals surface area contributed by atoms with Gasteiger partial charge in [-0.25, -0.2) is 8.42 Å². The summed E-state index contributed by atoms with van der Waals surface area (Å²) in [4.78, 5) is 2.64.